The van der Waals surface area contributed by atoms with Gasteiger partial charge in [-0.05, 0) is 41.8 Å². The first kappa shape index (κ1) is 13.5. The minimum atomic E-state index is -0.303. The number of anilines is 1. The molecule has 0 radical (unpaired) electrons. The Labute approximate surface area is 123 Å². The first-order valence-electron chi connectivity index (χ1n) is 6.93. The van der Waals surface area contributed by atoms with Gasteiger partial charge in [0.2, 0.25) is 0 Å². The molecule has 0 spiro atoms. The minimum Gasteiger partial charge on any atom is -0.497 e. The van der Waals surface area contributed by atoms with E-state index in [1.807, 2.05) is 42.5 Å². The Morgan fingerprint density at radius 2 is 2.00 bits per heavy atom. The van der Waals surface area contributed by atoms with Crippen molar-refractivity contribution in [1.29, 1.82) is 0 Å². The summed E-state index contributed by atoms with van der Waals surface area (Å²) in [6.45, 7) is 1.19. The molecule has 0 fully saturated rings. The van der Waals surface area contributed by atoms with E-state index in [1.165, 1.54) is 5.56 Å². The van der Waals surface area contributed by atoms with E-state index in [2.05, 4.69) is 5.32 Å². The lowest BCUT2D eigenvalue weighted by Gasteiger charge is -2.07. The number of esters is 1. The summed E-state index contributed by atoms with van der Waals surface area (Å²) in [7, 11) is 1.62. The summed E-state index contributed by atoms with van der Waals surface area (Å²) in [5.74, 6) is 0.483. The van der Waals surface area contributed by atoms with Crippen molar-refractivity contribution in [2.75, 3.05) is 19.0 Å². The SMILES string of the molecule is COc1ccc(COC(=O)c2ccc3c(c2)NCC3)cc1. The van der Waals surface area contributed by atoms with Gasteiger partial charge in [0.1, 0.15) is 12.4 Å². The number of hydrogen-bond donors (Lipinski definition) is 1. The standard InChI is InChI=1S/C17H17NO3/c1-20-15-6-2-12(3-7-15)11-21-17(19)14-5-4-13-8-9-18-16(13)10-14/h2-7,10,18H,8-9,11H2,1H3. The van der Waals surface area contributed by atoms with Gasteiger partial charge in [-0.25, -0.2) is 4.79 Å². The smallest absolute Gasteiger partial charge is 0.338 e. The van der Waals surface area contributed by atoms with Gasteiger partial charge < -0.3 is 14.8 Å². The van der Waals surface area contributed by atoms with E-state index in [1.54, 1.807) is 7.11 Å². The Hall–Kier alpha value is -2.49. The van der Waals surface area contributed by atoms with Gasteiger partial charge in [-0.2, -0.15) is 0 Å². The van der Waals surface area contributed by atoms with Crippen molar-refractivity contribution < 1.29 is 14.3 Å². The number of carbonyl (C=O) groups excluding carboxylic acids is 1. The molecule has 0 aliphatic carbocycles. The number of hydrogen-bond acceptors (Lipinski definition) is 4. The van der Waals surface area contributed by atoms with Crippen molar-refractivity contribution in [3.63, 3.8) is 0 Å². The maximum absolute atomic E-state index is 12.1. The van der Waals surface area contributed by atoms with Crippen LogP contribution in [0.5, 0.6) is 5.75 Å². The van der Waals surface area contributed by atoms with Crippen LogP contribution in [0.2, 0.25) is 0 Å². The van der Waals surface area contributed by atoms with E-state index in [9.17, 15) is 4.79 Å². The average molecular weight is 283 g/mol. The molecule has 4 heteroatoms. The van der Waals surface area contributed by atoms with Crippen LogP contribution < -0.4 is 10.1 Å². The van der Waals surface area contributed by atoms with Crippen molar-refractivity contribution in [2.45, 2.75) is 13.0 Å². The van der Waals surface area contributed by atoms with Gasteiger partial charge >= 0.3 is 5.97 Å². The molecule has 1 aliphatic rings. The maximum Gasteiger partial charge on any atom is 0.338 e. The zero-order valence-corrected chi connectivity index (χ0v) is 11.9. The van der Waals surface area contributed by atoms with Crippen LogP contribution in [0.3, 0.4) is 0 Å². The fourth-order valence-corrected chi connectivity index (χ4v) is 2.37. The zero-order chi connectivity index (χ0) is 14.7. The van der Waals surface area contributed by atoms with Crippen LogP contribution in [0.1, 0.15) is 21.5 Å². The average Bonchev–Trinajstić information content (AvgIpc) is 3.00. The van der Waals surface area contributed by atoms with Gasteiger partial charge in [-0.1, -0.05) is 18.2 Å². The quantitative estimate of drug-likeness (QED) is 0.876. The Morgan fingerprint density at radius 3 is 2.76 bits per heavy atom. The number of nitrogens with one attached hydrogen (secondary N) is 1. The van der Waals surface area contributed by atoms with Crippen LogP contribution in [-0.2, 0) is 17.8 Å². The number of ether oxygens (including phenoxy) is 2. The number of fused-ring (bicyclic) bond motifs is 1. The first-order valence-corrected chi connectivity index (χ1v) is 6.93. The van der Waals surface area contributed by atoms with Gasteiger partial charge in [-0.3, -0.25) is 0 Å². The number of carbonyl (C=O) groups is 1. The van der Waals surface area contributed by atoms with Gasteiger partial charge in [0.25, 0.3) is 0 Å². The molecule has 0 amide bonds. The van der Waals surface area contributed by atoms with Crippen molar-refractivity contribution in [1.82, 2.24) is 0 Å². The van der Waals surface area contributed by atoms with Gasteiger partial charge in [0.05, 0.1) is 12.7 Å². The molecule has 1 heterocycles. The third-order valence-corrected chi connectivity index (χ3v) is 3.58. The van der Waals surface area contributed by atoms with E-state index in [-0.39, 0.29) is 12.6 Å². The Kier molecular flexibility index (Phi) is 3.77. The molecular formula is C17H17NO3. The van der Waals surface area contributed by atoms with Crippen LogP contribution in [-0.4, -0.2) is 19.6 Å². The molecule has 4 nitrogen and oxygen atoms in total. The molecule has 0 bridgehead atoms. The van der Waals surface area contributed by atoms with E-state index < -0.39 is 0 Å². The second kappa shape index (κ2) is 5.87. The highest BCUT2D eigenvalue weighted by Crippen LogP contribution is 2.23. The highest BCUT2D eigenvalue weighted by atomic mass is 16.5. The molecule has 0 unspecified atom stereocenters. The lowest BCUT2D eigenvalue weighted by atomic mass is 10.1. The normalized spacial score (nSPS) is 12.4. The molecule has 1 N–H and O–H groups in total. The summed E-state index contributed by atoms with van der Waals surface area (Å²) in [6.07, 6.45) is 1.01. The second-order valence-corrected chi connectivity index (χ2v) is 4.97. The largest absolute Gasteiger partial charge is 0.497 e. The van der Waals surface area contributed by atoms with Gasteiger partial charge in [0.15, 0.2) is 0 Å². The lowest BCUT2D eigenvalue weighted by molar-refractivity contribution is 0.0473. The molecule has 0 atom stereocenters. The molecule has 0 aromatic heterocycles. The van der Waals surface area contributed by atoms with Crippen molar-refractivity contribution in [3.8, 4) is 5.75 Å². The predicted octanol–water partition coefficient (Wildman–Crippen LogP) is 3.02. The van der Waals surface area contributed by atoms with Gasteiger partial charge in [-0.15, -0.1) is 0 Å². The molecule has 21 heavy (non-hydrogen) atoms. The summed E-state index contributed by atoms with van der Waals surface area (Å²) in [4.78, 5) is 12.1. The van der Waals surface area contributed by atoms with Crippen molar-refractivity contribution in [3.05, 3.63) is 59.2 Å². The molecule has 2 aromatic carbocycles. The Balaban J connectivity index is 1.63. The monoisotopic (exact) mass is 283 g/mol. The van der Waals surface area contributed by atoms with Crippen LogP contribution in [0, 0.1) is 0 Å². The molecule has 108 valence electrons. The van der Waals surface area contributed by atoms with Crippen LogP contribution in [0.4, 0.5) is 5.69 Å². The highest BCUT2D eigenvalue weighted by Gasteiger charge is 2.14. The fourth-order valence-electron chi connectivity index (χ4n) is 2.37. The molecule has 2 aromatic rings. The predicted molar refractivity (Wildman–Crippen MR) is 80.7 cm³/mol. The Morgan fingerprint density at radius 1 is 1.19 bits per heavy atom. The minimum absolute atomic E-state index is 0.257. The third-order valence-electron chi connectivity index (χ3n) is 3.58. The first-order chi connectivity index (χ1) is 10.3. The van der Waals surface area contributed by atoms with E-state index in [0.717, 1.165) is 30.0 Å². The summed E-state index contributed by atoms with van der Waals surface area (Å²) in [5.41, 5.74) is 3.80. The van der Waals surface area contributed by atoms with Crippen LogP contribution in [0.15, 0.2) is 42.5 Å². The topological polar surface area (TPSA) is 47.6 Å². The molecule has 3 rings (SSSR count). The van der Waals surface area contributed by atoms with Crippen LogP contribution >= 0.6 is 0 Å². The summed E-state index contributed by atoms with van der Waals surface area (Å²) in [6, 6.07) is 13.1. The molecule has 0 saturated heterocycles. The summed E-state index contributed by atoms with van der Waals surface area (Å²) >= 11 is 0. The molecule has 0 saturated carbocycles. The molecule has 1 aliphatic heterocycles. The van der Waals surface area contributed by atoms with E-state index >= 15 is 0 Å². The third kappa shape index (κ3) is 2.99. The summed E-state index contributed by atoms with van der Waals surface area (Å²) in [5, 5.41) is 3.26. The number of rotatable bonds is 4. The number of benzene rings is 2. The van der Waals surface area contributed by atoms with Gasteiger partial charge in [0, 0.05) is 12.2 Å². The summed E-state index contributed by atoms with van der Waals surface area (Å²) < 4.78 is 10.4. The fraction of sp³-hybridized carbons (Fsp3) is 0.235. The van der Waals surface area contributed by atoms with Crippen molar-refractivity contribution >= 4 is 11.7 Å². The van der Waals surface area contributed by atoms with Crippen molar-refractivity contribution in [2.24, 2.45) is 0 Å². The molecular weight excluding hydrogens is 266 g/mol. The zero-order valence-electron chi connectivity index (χ0n) is 11.9. The van der Waals surface area contributed by atoms with E-state index in [0.29, 0.717) is 5.56 Å². The lowest BCUT2D eigenvalue weighted by Crippen LogP contribution is -2.05. The second-order valence-electron chi connectivity index (χ2n) is 4.97. The highest BCUT2D eigenvalue weighted by molar-refractivity contribution is 5.91. The Bertz CT molecular complexity index is 650. The maximum atomic E-state index is 12.1. The van der Waals surface area contributed by atoms with Crippen LogP contribution in [0.25, 0.3) is 0 Å². The number of methoxy groups -OCH3 is 1. The van der Waals surface area contributed by atoms with E-state index in [4.69, 9.17) is 9.47 Å².